The van der Waals surface area contributed by atoms with Gasteiger partial charge in [-0.15, -0.1) is 0 Å². The minimum atomic E-state index is -3.32. The Bertz CT molecular complexity index is 1480. The largest absolute Gasteiger partial charge is 0.460 e. The Hall–Kier alpha value is -3.83. The summed E-state index contributed by atoms with van der Waals surface area (Å²) in [6, 6.07) is 5.98. The van der Waals surface area contributed by atoms with E-state index in [0.29, 0.717) is 13.3 Å². The first-order valence-electron chi connectivity index (χ1n) is 17.2. The van der Waals surface area contributed by atoms with Crippen LogP contribution in [-0.4, -0.2) is 48.9 Å². The standard InChI is InChI=1S/C13H14F4N4O.C11H14O.C7H14O2.C7H16/c1-7(22)12-18-4-9(20(12)3)8-5-21(6-10(14)15)19-11(8)13(2,16)17;1-4-10-7-8(2)5-6-11(10)9(3)12;1-5-6(8)9-7(2,3)4;1-3-5-7-6-4-2/h4-5,10H,6H2,1-3H3;5-7H,4H2,1-3H3;5H2,1-4H3;3-7H2,1-2H3. The average molecular weight is 711 g/mol. The van der Waals surface area contributed by atoms with Crippen LogP contribution >= 0.6 is 0 Å². The van der Waals surface area contributed by atoms with E-state index in [2.05, 4.69) is 36.9 Å². The van der Waals surface area contributed by atoms with E-state index in [1.807, 2.05) is 39.8 Å². The third kappa shape index (κ3) is 17.2. The van der Waals surface area contributed by atoms with Crippen LogP contribution < -0.4 is 0 Å². The molecular weight excluding hydrogens is 652 g/mol. The number of aryl methyl sites for hydroxylation is 2. The molecule has 0 atom stereocenters. The third-order valence-corrected chi connectivity index (χ3v) is 7.02. The van der Waals surface area contributed by atoms with E-state index in [1.54, 1.807) is 13.8 Å². The molecule has 0 fully saturated rings. The lowest BCUT2D eigenvalue weighted by Gasteiger charge is -2.18. The van der Waals surface area contributed by atoms with Crippen LogP contribution in [0.5, 0.6) is 0 Å². The SMILES string of the molecule is CC(=O)c1ncc(-c2cn(CC(F)F)nc2C(C)(F)F)n1C.CCC(=O)OC(C)(C)C.CCCCCCC.CCc1cc(C)ccc1C(C)=O. The highest BCUT2D eigenvalue weighted by Gasteiger charge is 2.33. The number of imidazole rings is 1. The highest BCUT2D eigenvalue weighted by Crippen LogP contribution is 2.35. The van der Waals surface area contributed by atoms with Gasteiger partial charge in [0.25, 0.3) is 12.3 Å². The van der Waals surface area contributed by atoms with E-state index < -0.39 is 24.6 Å². The molecule has 0 bridgehead atoms. The molecule has 2 heterocycles. The zero-order valence-corrected chi connectivity index (χ0v) is 32.1. The lowest BCUT2D eigenvalue weighted by atomic mass is 10.00. The Morgan fingerprint density at radius 3 is 1.88 bits per heavy atom. The predicted octanol–water partition coefficient (Wildman–Crippen LogP) is 10.3. The lowest BCUT2D eigenvalue weighted by molar-refractivity contribution is -0.154. The molecule has 0 amide bonds. The molecule has 8 nitrogen and oxygen atoms in total. The minimum absolute atomic E-state index is 0.0318. The molecule has 2 aromatic heterocycles. The molecule has 0 spiro atoms. The topological polar surface area (TPSA) is 96.1 Å². The summed E-state index contributed by atoms with van der Waals surface area (Å²) in [7, 11) is 1.49. The maximum atomic E-state index is 13.7. The van der Waals surface area contributed by atoms with Gasteiger partial charge in [-0.1, -0.05) is 83.6 Å². The highest BCUT2D eigenvalue weighted by molar-refractivity contribution is 5.95. The van der Waals surface area contributed by atoms with Crippen LogP contribution in [0.4, 0.5) is 17.6 Å². The Kier molecular flexibility index (Phi) is 20.4. The van der Waals surface area contributed by atoms with Crippen molar-refractivity contribution in [3.8, 4) is 11.3 Å². The van der Waals surface area contributed by atoms with Gasteiger partial charge in [0.1, 0.15) is 17.8 Å². The zero-order valence-electron chi connectivity index (χ0n) is 32.1. The van der Waals surface area contributed by atoms with Gasteiger partial charge in [0, 0.05) is 44.6 Å². The van der Waals surface area contributed by atoms with Crippen LogP contribution in [-0.2, 0) is 35.5 Å². The number of aromatic nitrogens is 4. The number of ether oxygens (including phenoxy) is 1. The Balaban J connectivity index is 0.000000721. The average Bonchev–Trinajstić information content (AvgIpc) is 3.60. The van der Waals surface area contributed by atoms with Crippen molar-refractivity contribution in [1.29, 1.82) is 0 Å². The van der Waals surface area contributed by atoms with Crippen LogP contribution in [0.1, 0.15) is 146 Å². The predicted molar refractivity (Wildman–Crippen MR) is 191 cm³/mol. The van der Waals surface area contributed by atoms with Crippen LogP contribution in [0.2, 0.25) is 0 Å². The van der Waals surface area contributed by atoms with E-state index in [9.17, 15) is 31.9 Å². The molecule has 0 saturated heterocycles. The zero-order chi connectivity index (χ0) is 38.8. The summed E-state index contributed by atoms with van der Waals surface area (Å²) < 4.78 is 59.3. The lowest BCUT2D eigenvalue weighted by Crippen LogP contribution is -2.23. The van der Waals surface area contributed by atoms with Crippen molar-refractivity contribution in [3.05, 3.63) is 58.8 Å². The number of carbonyl (C=O) groups is 3. The Morgan fingerprint density at radius 2 is 1.50 bits per heavy atom. The number of benzene rings is 1. The van der Waals surface area contributed by atoms with Gasteiger partial charge in [0.2, 0.25) is 0 Å². The summed E-state index contributed by atoms with van der Waals surface area (Å²) in [5.41, 5.74) is 2.46. The number of alkyl halides is 4. The number of esters is 1. The number of hydrogen-bond donors (Lipinski definition) is 0. The molecule has 0 radical (unpaired) electrons. The van der Waals surface area contributed by atoms with Gasteiger partial charge in [0.15, 0.2) is 17.4 Å². The van der Waals surface area contributed by atoms with E-state index in [0.717, 1.165) is 28.4 Å². The summed E-state index contributed by atoms with van der Waals surface area (Å²) in [5, 5.41) is 3.55. The van der Waals surface area contributed by atoms with E-state index in [-0.39, 0.29) is 40.2 Å². The smallest absolute Gasteiger partial charge is 0.306 e. The van der Waals surface area contributed by atoms with Crippen molar-refractivity contribution < 1.29 is 36.7 Å². The van der Waals surface area contributed by atoms with Crippen LogP contribution in [0.25, 0.3) is 11.3 Å². The van der Waals surface area contributed by atoms with Gasteiger partial charge in [-0.25, -0.2) is 13.8 Å². The number of halogens is 4. The van der Waals surface area contributed by atoms with Crippen molar-refractivity contribution >= 4 is 17.5 Å². The van der Waals surface area contributed by atoms with Crippen LogP contribution in [0, 0.1) is 6.92 Å². The second-order valence-corrected chi connectivity index (χ2v) is 13.0. The molecule has 3 aromatic rings. The highest BCUT2D eigenvalue weighted by atomic mass is 19.3. The summed E-state index contributed by atoms with van der Waals surface area (Å²) in [5.74, 6) is -3.54. The van der Waals surface area contributed by atoms with Gasteiger partial charge in [-0.2, -0.15) is 13.9 Å². The van der Waals surface area contributed by atoms with Crippen molar-refractivity contribution in [1.82, 2.24) is 19.3 Å². The van der Waals surface area contributed by atoms with E-state index >= 15 is 0 Å². The van der Waals surface area contributed by atoms with Crippen LogP contribution in [0.15, 0.2) is 30.6 Å². The summed E-state index contributed by atoms with van der Waals surface area (Å²) in [6.45, 7) is 18.7. The third-order valence-electron chi connectivity index (χ3n) is 7.02. The van der Waals surface area contributed by atoms with Crippen molar-refractivity contribution in [2.45, 2.75) is 146 Å². The van der Waals surface area contributed by atoms with Gasteiger partial charge < -0.3 is 9.30 Å². The van der Waals surface area contributed by atoms with Gasteiger partial charge in [-0.3, -0.25) is 19.1 Å². The first-order chi connectivity index (χ1) is 23.1. The van der Waals surface area contributed by atoms with Gasteiger partial charge in [-0.05, 0) is 46.6 Å². The maximum Gasteiger partial charge on any atom is 0.306 e. The van der Waals surface area contributed by atoms with Crippen LogP contribution in [0.3, 0.4) is 0 Å². The molecule has 0 aliphatic carbocycles. The second kappa shape index (κ2) is 22.1. The number of rotatable bonds is 12. The molecule has 50 heavy (non-hydrogen) atoms. The van der Waals surface area contributed by atoms with Crippen molar-refractivity contribution in [3.63, 3.8) is 0 Å². The normalized spacial score (nSPS) is 11.1. The Morgan fingerprint density at radius 1 is 0.920 bits per heavy atom. The molecule has 0 aliphatic heterocycles. The minimum Gasteiger partial charge on any atom is -0.460 e. The van der Waals surface area contributed by atoms with E-state index in [1.165, 1.54) is 62.4 Å². The maximum absolute atomic E-state index is 13.7. The number of ketones is 2. The summed E-state index contributed by atoms with van der Waals surface area (Å²) >= 11 is 0. The molecular formula is C38H58F4N4O4. The fraction of sp³-hybridized carbons (Fsp3) is 0.605. The molecule has 282 valence electrons. The molecule has 0 unspecified atom stereocenters. The first kappa shape index (κ1) is 46.2. The molecule has 0 N–H and O–H groups in total. The number of Topliss-reactive ketones (excluding diaryl/α,β-unsaturated/α-hetero) is 2. The molecule has 1 aromatic carbocycles. The quantitative estimate of drug-likeness (QED) is 0.0803. The fourth-order valence-corrected chi connectivity index (χ4v) is 4.60. The van der Waals surface area contributed by atoms with Gasteiger partial charge >= 0.3 is 5.97 Å². The number of hydrogen-bond acceptors (Lipinski definition) is 6. The first-order valence-corrected chi connectivity index (χ1v) is 17.2. The summed E-state index contributed by atoms with van der Waals surface area (Å²) in [4.78, 5) is 37.0. The fourth-order valence-electron chi connectivity index (χ4n) is 4.60. The number of carbonyl (C=O) groups excluding carboxylic acids is 3. The Labute approximate surface area is 296 Å². The molecule has 12 heteroatoms. The second-order valence-electron chi connectivity index (χ2n) is 13.0. The number of unbranched alkanes of at least 4 members (excludes halogenated alkanes) is 4. The van der Waals surface area contributed by atoms with E-state index in [4.69, 9.17) is 4.74 Å². The summed E-state index contributed by atoms with van der Waals surface area (Å²) in [6.07, 6.45) is 8.03. The molecule has 0 aliphatic rings. The molecule has 3 rings (SSSR count). The number of nitrogens with zero attached hydrogens (tertiary/aromatic N) is 4. The monoisotopic (exact) mass is 710 g/mol. The van der Waals surface area contributed by atoms with Gasteiger partial charge in [0.05, 0.1) is 11.9 Å². The van der Waals surface area contributed by atoms with Crippen molar-refractivity contribution in [2.24, 2.45) is 7.05 Å². The van der Waals surface area contributed by atoms with Crippen molar-refractivity contribution in [2.75, 3.05) is 0 Å². The molecule has 0 saturated carbocycles.